The van der Waals surface area contributed by atoms with E-state index in [4.69, 9.17) is 5.73 Å². The average Bonchev–Trinajstić information content (AvgIpc) is 2.56. The fourth-order valence-electron chi connectivity index (χ4n) is 1.59. The second-order valence-corrected chi connectivity index (χ2v) is 3.43. The van der Waals surface area contributed by atoms with E-state index in [-0.39, 0.29) is 5.56 Å². The first-order valence-corrected chi connectivity index (χ1v) is 4.75. The molecule has 2 N–H and O–H groups in total. The second kappa shape index (κ2) is 3.69. The number of benzene rings is 1. The Morgan fingerprint density at radius 2 is 1.88 bits per heavy atom. The van der Waals surface area contributed by atoms with Gasteiger partial charge in [-0.3, -0.25) is 14.3 Å². The molecule has 0 saturated heterocycles. The van der Waals surface area contributed by atoms with E-state index in [1.807, 2.05) is 18.2 Å². The maximum absolute atomic E-state index is 11.9. The number of rotatable bonds is 2. The molecule has 0 bridgehead atoms. The van der Waals surface area contributed by atoms with Gasteiger partial charge >= 0.3 is 0 Å². The zero-order chi connectivity index (χ0) is 11.7. The molecule has 0 saturated carbocycles. The molecule has 0 radical (unpaired) electrons. The highest BCUT2D eigenvalue weighted by Gasteiger charge is 2.14. The van der Waals surface area contributed by atoms with Gasteiger partial charge in [-0.1, -0.05) is 18.2 Å². The summed E-state index contributed by atoms with van der Waals surface area (Å²) in [5.74, 6) is -0.713. The zero-order valence-electron chi connectivity index (χ0n) is 8.75. The number of amides is 1. The van der Waals surface area contributed by atoms with Gasteiger partial charge in [-0.05, 0) is 12.1 Å². The standard InChI is InChI=1S/C11H11N3O2/c1-13-7-9(10(12)15)11(16)14(13)8-5-3-2-4-6-8/h2-7H,1H3,(H2,12,15). The first-order chi connectivity index (χ1) is 7.61. The van der Waals surface area contributed by atoms with Crippen molar-refractivity contribution in [3.8, 4) is 5.69 Å². The van der Waals surface area contributed by atoms with Crippen molar-refractivity contribution in [3.63, 3.8) is 0 Å². The Kier molecular flexibility index (Phi) is 2.36. The summed E-state index contributed by atoms with van der Waals surface area (Å²) in [5, 5.41) is 0. The van der Waals surface area contributed by atoms with Gasteiger partial charge in [0.25, 0.3) is 11.5 Å². The van der Waals surface area contributed by atoms with E-state index in [0.717, 1.165) is 0 Å². The third-order valence-corrected chi connectivity index (χ3v) is 2.32. The summed E-state index contributed by atoms with van der Waals surface area (Å²) in [6.45, 7) is 0. The predicted molar refractivity (Wildman–Crippen MR) is 59.5 cm³/mol. The molecule has 5 nitrogen and oxygen atoms in total. The molecule has 1 aromatic carbocycles. The molecule has 0 fully saturated rings. The molecule has 2 rings (SSSR count). The van der Waals surface area contributed by atoms with Crippen LogP contribution < -0.4 is 11.3 Å². The van der Waals surface area contributed by atoms with Crippen LogP contribution in [0.3, 0.4) is 0 Å². The summed E-state index contributed by atoms with van der Waals surface area (Å²) in [7, 11) is 1.68. The maximum atomic E-state index is 11.9. The number of hydrogen-bond acceptors (Lipinski definition) is 2. The molecule has 0 spiro atoms. The number of primary amides is 1. The van der Waals surface area contributed by atoms with E-state index in [9.17, 15) is 9.59 Å². The summed E-state index contributed by atoms with van der Waals surface area (Å²) in [4.78, 5) is 22.9. The van der Waals surface area contributed by atoms with Gasteiger partial charge in [0, 0.05) is 13.2 Å². The van der Waals surface area contributed by atoms with E-state index >= 15 is 0 Å². The van der Waals surface area contributed by atoms with Crippen molar-refractivity contribution in [2.45, 2.75) is 0 Å². The molecule has 16 heavy (non-hydrogen) atoms. The lowest BCUT2D eigenvalue weighted by atomic mass is 10.3. The molecule has 1 heterocycles. The van der Waals surface area contributed by atoms with Gasteiger partial charge in [0.2, 0.25) is 0 Å². The molecule has 0 aliphatic carbocycles. The fourth-order valence-corrected chi connectivity index (χ4v) is 1.59. The largest absolute Gasteiger partial charge is 0.365 e. The van der Waals surface area contributed by atoms with Gasteiger partial charge in [-0.15, -0.1) is 0 Å². The summed E-state index contributed by atoms with van der Waals surface area (Å²) >= 11 is 0. The lowest BCUT2D eigenvalue weighted by molar-refractivity contribution is 0.0999. The summed E-state index contributed by atoms with van der Waals surface area (Å²) < 4.78 is 2.93. The predicted octanol–water partition coefficient (Wildman–Crippen LogP) is 0.275. The molecule has 0 aliphatic heterocycles. The molecular weight excluding hydrogens is 206 g/mol. The van der Waals surface area contributed by atoms with Crippen LogP contribution in [0.1, 0.15) is 10.4 Å². The van der Waals surface area contributed by atoms with Crippen molar-refractivity contribution in [1.82, 2.24) is 9.36 Å². The monoisotopic (exact) mass is 217 g/mol. The molecule has 2 aromatic rings. The number of para-hydroxylation sites is 1. The highest BCUT2D eigenvalue weighted by molar-refractivity contribution is 5.92. The van der Waals surface area contributed by atoms with Crippen LogP contribution >= 0.6 is 0 Å². The van der Waals surface area contributed by atoms with Crippen molar-refractivity contribution in [1.29, 1.82) is 0 Å². The summed E-state index contributed by atoms with van der Waals surface area (Å²) in [5.41, 5.74) is 5.40. The van der Waals surface area contributed by atoms with Gasteiger partial charge in [0.15, 0.2) is 0 Å². The highest BCUT2D eigenvalue weighted by atomic mass is 16.2. The first kappa shape index (κ1) is 10.2. The molecule has 0 unspecified atom stereocenters. The van der Waals surface area contributed by atoms with Gasteiger partial charge in [0.1, 0.15) is 5.56 Å². The van der Waals surface area contributed by atoms with E-state index in [0.29, 0.717) is 5.69 Å². The molecule has 82 valence electrons. The van der Waals surface area contributed by atoms with E-state index < -0.39 is 11.5 Å². The molecule has 0 atom stereocenters. The van der Waals surface area contributed by atoms with Crippen molar-refractivity contribution >= 4 is 5.91 Å². The van der Waals surface area contributed by atoms with Crippen LogP contribution in [0.25, 0.3) is 5.69 Å². The average molecular weight is 217 g/mol. The van der Waals surface area contributed by atoms with E-state index in [1.54, 1.807) is 19.2 Å². The lowest BCUT2D eigenvalue weighted by Gasteiger charge is -2.05. The number of nitrogens with two attached hydrogens (primary N) is 1. The SMILES string of the molecule is Cn1cc(C(N)=O)c(=O)n1-c1ccccc1. The van der Waals surface area contributed by atoms with Crippen LogP contribution in [0.15, 0.2) is 41.3 Å². The van der Waals surface area contributed by atoms with Gasteiger partial charge in [-0.25, -0.2) is 4.68 Å². The molecule has 1 amide bonds. The van der Waals surface area contributed by atoms with Crippen LogP contribution in [0.2, 0.25) is 0 Å². The second-order valence-electron chi connectivity index (χ2n) is 3.43. The minimum absolute atomic E-state index is 0.00801. The summed E-state index contributed by atoms with van der Waals surface area (Å²) in [6.07, 6.45) is 1.43. The smallest absolute Gasteiger partial charge is 0.284 e. The number of aryl methyl sites for hydroxylation is 1. The fraction of sp³-hybridized carbons (Fsp3) is 0.0909. The third-order valence-electron chi connectivity index (χ3n) is 2.32. The Morgan fingerprint density at radius 3 is 2.38 bits per heavy atom. The van der Waals surface area contributed by atoms with Crippen LogP contribution in [-0.2, 0) is 7.05 Å². The molecule has 1 aromatic heterocycles. The van der Waals surface area contributed by atoms with Crippen molar-refractivity contribution in [2.24, 2.45) is 12.8 Å². The van der Waals surface area contributed by atoms with Gasteiger partial charge < -0.3 is 5.73 Å². The minimum Gasteiger partial charge on any atom is -0.365 e. The van der Waals surface area contributed by atoms with E-state index in [2.05, 4.69) is 0 Å². The normalized spacial score (nSPS) is 10.3. The Bertz CT molecular complexity index is 581. The topological polar surface area (TPSA) is 70.0 Å². The number of aromatic nitrogens is 2. The minimum atomic E-state index is -0.713. The van der Waals surface area contributed by atoms with Crippen LogP contribution in [0.4, 0.5) is 0 Å². The lowest BCUT2D eigenvalue weighted by Crippen LogP contribution is -2.25. The number of nitrogens with zero attached hydrogens (tertiary/aromatic N) is 2. The van der Waals surface area contributed by atoms with Crippen LogP contribution in [-0.4, -0.2) is 15.3 Å². The van der Waals surface area contributed by atoms with Crippen molar-refractivity contribution in [2.75, 3.05) is 0 Å². The Morgan fingerprint density at radius 1 is 1.25 bits per heavy atom. The van der Waals surface area contributed by atoms with Crippen molar-refractivity contribution < 1.29 is 4.79 Å². The van der Waals surface area contributed by atoms with Gasteiger partial charge in [0.05, 0.1) is 5.69 Å². The third kappa shape index (κ3) is 1.52. The Balaban J connectivity index is 2.68. The molecule has 5 heteroatoms. The number of hydrogen-bond donors (Lipinski definition) is 1. The molecule has 0 aliphatic rings. The Labute approximate surface area is 91.7 Å². The Hall–Kier alpha value is -2.30. The van der Waals surface area contributed by atoms with Crippen LogP contribution in [0, 0.1) is 0 Å². The molecular formula is C11H11N3O2. The van der Waals surface area contributed by atoms with Gasteiger partial charge in [-0.2, -0.15) is 0 Å². The quantitative estimate of drug-likeness (QED) is 0.784. The number of carbonyl (C=O) groups excluding carboxylic acids is 1. The van der Waals surface area contributed by atoms with Crippen molar-refractivity contribution in [3.05, 3.63) is 52.4 Å². The van der Waals surface area contributed by atoms with E-state index in [1.165, 1.54) is 15.6 Å². The summed E-state index contributed by atoms with van der Waals surface area (Å²) in [6, 6.07) is 9.06. The van der Waals surface area contributed by atoms with Crippen LogP contribution in [0.5, 0.6) is 0 Å². The highest BCUT2D eigenvalue weighted by Crippen LogP contribution is 2.04. The first-order valence-electron chi connectivity index (χ1n) is 4.75. The zero-order valence-corrected chi connectivity index (χ0v) is 8.75. The number of carbonyl (C=O) groups is 1. The maximum Gasteiger partial charge on any atom is 0.284 e.